The van der Waals surface area contributed by atoms with E-state index in [4.69, 9.17) is 0 Å². The molecule has 0 aromatic carbocycles. The smallest absolute Gasteiger partial charge is 0.170 e. The molecule has 1 aliphatic carbocycles. The van der Waals surface area contributed by atoms with E-state index in [2.05, 4.69) is 34.0 Å². The monoisotopic (exact) mass is 224 g/mol. The molecule has 82 valence electrons. The van der Waals surface area contributed by atoms with Gasteiger partial charge in [-0.25, -0.2) is 4.57 Å². The van der Waals surface area contributed by atoms with Crippen molar-refractivity contribution in [1.29, 1.82) is 0 Å². The molecule has 0 atom stereocenters. The zero-order valence-corrected chi connectivity index (χ0v) is 9.66. The van der Waals surface area contributed by atoms with Crippen LogP contribution >= 0.6 is 0 Å². The quantitative estimate of drug-likeness (QED) is 0.573. The molecule has 2 fully saturated rings. The van der Waals surface area contributed by atoms with E-state index in [-0.39, 0.29) is 12.4 Å². The first-order valence-corrected chi connectivity index (χ1v) is 5.66. The predicted molar refractivity (Wildman–Crippen MR) is 56.2 cm³/mol. The summed E-state index contributed by atoms with van der Waals surface area (Å²) in [6, 6.07) is 4.50. The fourth-order valence-corrected chi connectivity index (χ4v) is 1.95. The number of nitrogens with zero attached hydrogens (tertiary/aromatic N) is 2. The van der Waals surface area contributed by atoms with Crippen LogP contribution in [0.2, 0.25) is 0 Å². The van der Waals surface area contributed by atoms with Crippen LogP contribution in [0.25, 0.3) is 0 Å². The van der Waals surface area contributed by atoms with Gasteiger partial charge in [0.25, 0.3) is 0 Å². The Morgan fingerprint density at radius 1 is 1.20 bits per heavy atom. The van der Waals surface area contributed by atoms with E-state index in [1.165, 1.54) is 44.6 Å². The fraction of sp³-hybridized carbons (Fsp3) is 0.583. The third-order valence-corrected chi connectivity index (χ3v) is 3.26. The van der Waals surface area contributed by atoms with E-state index < -0.39 is 0 Å². The van der Waals surface area contributed by atoms with Crippen LogP contribution < -0.4 is 21.9 Å². The minimum atomic E-state index is 0. The summed E-state index contributed by atoms with van der Waals surface area (Å²) < 4.78 is 2.32. The molecule has 3 rings (SSSR count). The summed E-state index contributed by atoms with van der Waals surface area (Å²) in [5.41, 5.74) is 1.39. The third-order valence-electron chi connectivity index (χ3n) is 3.26. The second-order valence-corrected chi connectivity index (χ2v) is 4.54. The highest BCUT2D eigenvalue weighted by Gasteiger charge is 2.25. The van der Waals surface area contributed by atoms with Gasteiger partial charge in [0.05, 0.1) is 0 Å². The van der Waals surface area contributed by atoms with Crippen molar-refractivity contribution < 1.29 is 17.0 Å². The Labute approximate surface area is 97.3 Å². The van der Waals surface area contributed by atoms with Crippen molar-refractivity contribution in [2.45, 2.75) is 25.8 Å². The van der Waals surface area contributed by atoms with Gasteiger partial charge in [0.15, 0.2) is 18.9 Å². The summed E-state index contributed by atoms with van der Waals surface area (Å²) in [7, 11) is 0. The van der Waals surface area contributed by atoms with Crippen molar-refractivity contribution in [3.05, 3.63) is 24.5 Å². The average molecular weight is 225 g/mol. The maximum Gasteiger partial charge on any atom is 0.170 e. The third kappa shape index (κ3) is 2.43. The molecule has 15 heavy (non-hydrogen) atoms. The van der Waals surface area contributed by atoms with E-state index in [0.29, 0.717) is 0 Å². The number of pyridine rings is 1. The van der Waals surface area contributed by atoms with Crippen molar-refractivity contribution in [2.75, 3.05) is 18.0 Å². The number of rotatable bonds is 3. The molecule has 2 heterocycles. The molecule has 1 aromatic heterocycles. The molecular weight excluding hydrogens is 208 g/mol. The maximum absolute atomic E-state index is 2.43. The Morgan fingerprint density at radius 2 is 1.87 bits per heavy atom. The molecule has 1 aromatic rings. The lowest BCUT2D eigenvalue weighted by Gasteiger charge is -2.32. The van der Waals surface area contributed by atoms with Gasteiger partial charge in [-0.05, 0) is 19.3 Å². The van der Waals surface area contributed by atoms with Crippen LogP contribution in [0.1, 0.15) is 19.3 Å². The van der Waals surface area contributed by atoms with Gasteiger partial charge in [-0.3, -0.25) is 0 Å². The van der Waals surface area contributed by atoms with Crippen LogP contribution in [-0.2, 0) is 6.54 Å². The lowest BCUT2D eigenvalue weighted by molar-refractivity contribution is -0.700. The Bertz CT molecular complexity index is 315. The molecule has 0 unspecified atom stereocenters. The van der Waals surface area contributed by atoms with E-state index in [1.807, 2.05) is 0 Å². The second kappa shape index (κ2) is 4.40. The first-order valence-electron chi connectivity index (χ1n) is 5.66. The molecule has 0 spiro atoms. The van der Waals surface area contributed by atoms with Gasteiger partial charge in [-0.15, -0.1) is 0 Å². The standard InChI is InChI=1S/C12H17N2.ClH/c1-6-14(7-1)12-4-8-13(9-5-12)10-11-2-3-11;/h4-5,8-9,11H,1-3,6-7,10H2;1H/q+1;/p-1. The summed E-state index contributed by atoms with van der Waals surface area (Å²) in [5, 5.41) is 0. The van der Waals surface area contributed by atoms with Gasteiger partial charge >= 0.3 is 0 Å². The zero-order valence-electron chi connectivity index (χ0n) is 8.90. The summed E-state index contributed by atoms with van der Waals surface area (Å²) in [6.45, 7) is 3.71. The van der Waals surface area contributed by atoms with E-state index in [9.17, 15) is 0 Å². The summed E-state index contributed by atoms with van der Waals surface area (Å²) in [6.07, 6.45) is 8.68. The number of hydrogen-bond donors (Lipinski definition) is 0. The fourth-order valence-electron chi connectivity index (χ4n) is 1.95. The van der Waals surface area contributed by atoms with Gasteiger partial charge in [-0.2, -0.15) is 0 Å². The van der Waals surface area contributed by atoms with Crippen molar-refractivity contribution in [3.8, 4) is 0 Å². The SMILES string of the molecule is [Cl-].c1c[n+](CC2CC2)ccc1N1CCC1. The molecule has 0 bridgehead atoms. The van der Waals surface area contributed by atoms with Gasteiger partial charge < -0.3 is 17.3 Å². The number of aromatic nitrogens is 1. The average Bonchev–Trinajstić information content (AvgIpc) is 2.89. The molecule has 0 N–H and O–H groups in total. The van der Waals surface area contributed by atoms with Crippen LogP contribution in [0.15, 0.2) is 24.5 Å². The molecule has 2 aliphatic rings. The zero-order chi connectivity index (χ0) is 9.38. The van der Waals surface area contributed by atoms with Crippen LogP contribution in [0.4, 0.5) is 5.69 Å². The van der Waals surface area contributed by atoms with Gasteiger partial charge in [-0.1, -0.05) is 0 Å². The highest BCUT2D eigenvalue weighted by molar-refractivity contribution is 5.45. The normalized spacial score (nSPS) is 19.3. The maximum atomic E-state index is 2.43. The van der Waals surface area contributed by atoms with Crippen LogP contribution in [0.3, 0.4) is 0 Å². The molecule has 1 saturated heterocycles. The van der Waals surface area contributed by atoms with Crippen molar-refractivity contribution in [1.82, 2.24) is 0 Å². The highest BCUT2D eigenvalue weighted by atomic mass is 35.5. The largest absolute Gasteiger partial charge is 1.00 e. The first-order chi connectivity index (χ1) is 6.92. The van der Waals surface area contributed by atoms with E-state index in [0.717, 1.165) is 5.92 Å². The highest BCUT2D eigenvalue weighted by Crippen LogP contribution is 2.28. The minimum absolute atomic E-state index is 0. The second-order valence-electron chi connectivity index (χ2n) is 4.54. The van der Waals surface area contributed by atoms with Crippen molar-refractivity contribution in [2.24, 2.45) is 5.92 Å². The Balaban J connectivity index is 0.000000853. The lowest BCUT2D eigenvalue weighted by Crippen LogP contribution is -3.00. The first kappa shape index (κ1) is 10.7. The van der Waals surface area contributed by atoms with Gasteiger partial charge in [0, 0.05) is 36.8 Å². The Kier molecular flexibility index (Phi) is 3.15. The summed E-state index contributed by atoms with van der Waals surface area (Å²) in [4.78, 5) is 2.43. The Hall–Kier alpha value is -0.760. The van der Waals surface area contributed by atoms with Gasteiger partial charge in [0.1, 0.15) is 0 Å². The molecule has 0 radical (unpaired) electrons. The van der Waals surface area contributed by atoms with Gasteiger partial charge in [0.2, 0.25) is 0 Å². The number of halogens is 1. The predicted octanol–water partition coefficient (Wildman–Crippen LogP) is -1.40. The Morgan fingerprint density at radius 3 is 2.33 bits per heavy atom. The topological polar surface area (TPSA) is 7.12 Å². The van der Waals surface area contributed by atoms with Crippen molar-refractivity contribution in [3.63, 3.8) is 0 Å². The molecule has 1 aliphatic heterocycles. The van der Waals surface area contributed by atoms with E-state index in [1.54, 1.807) is 0 Å². The number of hydrogen-bond acceptors (Lipinski definition) is 1. The van der Waals surface area contributed by atoms with E-state index >= 15 is 0 Å². The molecule has 1 saturated carbocycles. The molecule has 0 amide bonds. The molecule has 2 nitrogen and oxygen atoms in total. The van der Waals surface area contributed by atoms with Crippen molar-refractivity contribution >= 4 is 5.69 Å². The molecule has 3 heteroatoms. The summed E-state index contributed by atoms with van der Waals surface area (Å²) >= 11 is 0. The number of anilines is 1. The lowest BCUT2D eigenvalue weighted by atomic mass is 10.2. The van der Waals surface area contributed by atoms with Crippen LogP contribution in [0, 0.1) is 5.92 Å². The minimum Gasteiger partial charge on any atom is -1.00 e. The molecular formula is C12H17ClN2. The summed E-state index contributed by atoms with van der Waals surface area (Å²) in [5.74, 6) is 0.967. The van der Waals surface area contributed by atoms with Crippen LogP contribution in [-0.4, -0.2) is 13.1 Å². The van der Waals surface area contributed by atoms with Crippen LogP contribution in [0.5, 0.6) is 0 Å².